The van der Waals surface area contributed by atoms with E-state index in [1.807, 2.05) is 0 Å². The summed E-state index contributed by atoms with van der Waals surface area (Å²) >= 11 is 1.12. The topological polar surface area (TPSA) is 60.9 Å². The maximum atomic E-state index is 12.5. The molecule has 1 amide bonds. The number of hydrogen-bond donors (Lipinski definition) is 1. The number of aromatic nitrogens is 2. The Bertz CT molecular complexity index is 607. The lowest BCUT2D eigenvalue weighted by Gasteiger charge is -2.09. The van der Waals surface area contributed by atoms with Crippen molar-refractivity contribution >= 4 is 17.7 Å². The summed E-state index contributed by atoms with van der Waals surface area (Å²) in [7, 11) is 0. The van der Waals surface area contributed by atoms with Crippen molar-refractivity contribution in [2.75, 3.05) is 5.75 Å². The molecular formula is C12H10F3N3OS. The Morgan fingerprint density at radius 3 is 2.50 bits per heavy atom. The Balaban J connectivity index is 2.24. The van der Waals surface area contributed by atoms with Crippen LogP contribution in [0.5, 0.6) is 0 Å². The molecule has 0 aliphatic heterocycles. The van der Waals surface area contributed by atoms with Gasteiger partial charge in [0.05, 0.1) is 11.3 Å². The van der Waals surface area contributed by atoms with Crippen molar-refractivity contribution in [1.29, 1.82) is 0 Å². The smallest absolute Gasteiger partial charge is 0.369 e. The minimum atomic E-state index is -4.36. The van der Waals surface area contributed by atoms with Crippen molar-refractivity contribution in [3.05, 3.63) is 42.2 Å². The molecule has 0 saturated heterocycles. The van der Waals surface area contributed by atoms with Gasteiger partial charge in [-0.05, 0) is 24.3 Å². The van der Waals surface area contributed by atoms with E-state index >= 15 is 0 Å². The van der Waals surface area contributed by atoms with Crippen LogP contribution in [0.15, 0.2) is 41.8 Å². The van der Waals surface area contributed by atoms with E-state index in [0.717, 1.165) is 23.9 Å². The largest absolute Gasteiger partial charge is 0.416 e. The summed E-state index contributed by atoms with van der Waals surface area (Å²) in [4.78, 5) is 14.8. The minimum Gasteiger partial charge on any atom is -0.369 e. The van der Waals surface area contributed by atoms with E-state index in [-0.39, 0.29) is 5.75 Å². The van der Waals surface area contributed by atoms with Gasteiger partial charge < -0.3 is 5.73 Å². The van der Waals surface area contributed by atoms with E-state index < -0.39 is 17.6 Å². The number of halogens is 3. The number of amides is 1. The van der Waals surface area contributed by atoms with Crippen LogP contribution in [-0.2, 0) is 11.0 Å². The van der Waals surface area contributed by atoms with Crippen LogP contribution in [0.1, 0.15) is 5.56 Å². The van der Waals surface area contributed by atoms with Crippen LogP contribution in [0, 0.1) is 0 Å². The highest BCUT2D eigenvalue weighted by molar-refractivity contribution is 7.99. The molecule has 4 nitrogen and oxygen atoms in total. The Kier molecular flexibility index (Phi) is 4.03. The Hall–Kier alpha value is -1.96. The zero-order valence-corrected chi connectivity index (χ0v) is 10.9. The molecule has 0 spiro atoms. The molecule has 0 aliphatic rings. The number of thioether (sulfide) groups is 1. The number of benzene rings is 1. The van der Waals surface area contributed by atoms with Crippen LogP contribution in [0.3, 0.4) is 0 Å². The molecule has 0 atom stereocenters. The zero-order valence-electron chi connectivity index (χ0n) is 10.1. The molecule has 1 aromatic heterocycles. The van der Waals surface area contributed by atoms with Crippen LogP contribution in [0.2, 0.25) is 0 Å². The summed E-state index contributed by atoms with van der Waals surface area (Å²) in [6.45, 7) is 0. The summed E-state index contributed by atoms with van der Waals surface area (Å²) < 4.78 is 39.0. The molecule has 0 radical (unpaired) electrons. The van der Waals surface area contributed by atoms with Gasteiger partial charge in [0, 0.05) is 18.1 Å². The first-order valence-corrected chi connectivity index (χ1v) is 6.48. The lowest BCUT2D eigenvalue weighted by atomic mass is 10.2. The first-order chi connectivity index (χ1) is 9.38. The van der Waals surface area contributed by atoms with Crippen LogP contribution >= 0.6 is 11.8 Å². The average Bonchev–Trinajstić information content (AvgIpc) is 2.83. The summed E-state index contributed by atoms with van der Waals surface area (Å²) in [5.74, 6) is -0.436. The van der Waals surface area contributed by atoms with Gasteiger partial charge in [-0.15, -0.1) is 0 Å². The molecule has 0 saturated carbocycles. The second-order valence-corrected chi connectivity index (χ2v) is 4.82. The highest BCUT2D eigenvalue weighted by Gasteiger charge is 2.30. The zero-order chi connectivity index (χ0) is 14.8. The fraction of sp³-hybridized carbons (Fsp3) is 0.167. The first-order valence-electron chi connectivity index (χ1n) is 5.50. The van der Waals surface area contributed by atoms with Crippen LogP contribution in [0.25, 0.3) is 5.69 Å². The van der Waals surface area contributed by atoms with Gasteiger partial charge in [0.15, 0.2) is 5.16 Å². The Labute approximate surface area is 116 Å². The summed E-state index contributed by atoms with van der Waals surface area (Å²) in [6.07, 6.45) is -1.26. The fourth-order valence-electron chi connectivity index (χ4n) is 1.54. The average molecular weight is 301 g/mol. The number of nitrogens with zero attached hydrogens (tertiary/aromatic N) is 2. The number of carbonyl (C=O) groups excluding carboxylic acids is 1. The van der Waals surface area contributed by atoms with Gasteiger partial charge in [0.25, 0.3) is 0 Å². The minimum absolute atomic E-state index is 0.0532. The van der Waals surface area contributed by atoms with Crippen molar-refractivity contribution in [2.24, 2.45) is 5.73 Å². The fourth-order valence-corrected chi connectivity index (χ4v) is 2.25. The maximum absolute atomic E-state index is 12.5. The Morgan fingerprint density at radius 1 is 1.30 bits per heavy atom. The number of carbonyl (C=O) groups is 1. The lowest BCUT2D eigenvalue weighted by Crippen LogP contribution is -2.13. The molecular weight excluding hydrogens is 291 g/mol. The SMILES string of the molecule is NC(=O)CSc1nccn1-c1ccc(C(F)(F)F)cc1. The monoisotopic (exact) mass is 301 g/mol. The van der Waals surface area contributed by atoms with Crippen LogP contribution < -0.4 is 5.73 Å². The second-order valence-electron chi connectivity index (χ2n) is 3.88. The van der Waals surface area contributed by atoms with Gasteiger partial charge in [0.2, 0.25) is 5.91 Å². The molecule has 2 N–H and O–H groups in total. The normalized spacial score (nSPS) is 11.6. The van der Waals surface area contributed by atoms with Crippen molar-refractivity contribution < 1.29 is 18.0 Å². The van der Waals surface area contributed by atoms with Crippen molar-refractivity contribution in [3.8, 4) is 5.69 Å². The van der Waals surface area contributed by atoms with E-state index in [1.165, 1.54) is 18.3 Å². The number of imidazole rings is 1. The van der Waals surface area contributed by atoms with Gasteiger partial charge in [-0.25, -0.2) is 4.98 Å². The molecule has 0 unspecified atom stereocenters. The molecule has 106 valence electrons. The molecule has 0 aliphatic carbocycles. The van der Waals surface area contributed by atoms with Crippen molar-refractivity contribution in [3.63, 3.8) is 0 Å². The molecule has 1 heterocycles. The highest BCUT2D eigenvalue weighted by atomic mass is 32.2. The van der Waals surface area contributed by atoms with Gasteiger partial charge in [0.1, 0.15) is 0 Å². The van der Waals surface area contributed by atoms with Gasteiger partial charge in [-0.1, -0.05) is 11.8 Å². The molecule has 20 heavy (non-hydrogen) atoms. The number of nitrogens with two attached hydrogens (primary N) is 1. The summed E-state index contributed by atoms with van der Waals surface area (Å²) in [6, 6.07) is 4.69. The van der Waals surface area contributed by atoms with Gasteiger partial charge in [-0.3, -0.25) is 9.36 Å². The maximum Gasteiger partial charge on any atom is 0.416 e. The highest BCUT2D eigenvalue weighted by Crippen LogP contribution is 2.30. The number of hydrogen-bond acceptors (Lipinski definition) is 3. The van der Waals surface area contributed by atoms with Crippen molar-refractivity contribution in [2.45, 2.75) is 11.3 Å². The number of primary amides is 1. The standard InChI is InChI=1S/C12H10F3N3OS/c13-12(14,15)8-1-3-9(4-2-8)18-6-5-17-11(18)20-7-10(16)19/h1-6H,7H2,(H2,16,19). The van der Waals surface area contributed by atoms with E-state index in [0.29, 0.717) is 10.8 Å². The van der Waals surface area contributed by atoms with Gasteiger partial charge in [-0.2, -0.15) is 13.2 Å². The quantitative estimate of drug-likeness (QED) is 0.883. The lowest BCUT2D eigenvalue weighted by molar-refractivity contribution is -0.137. The third kappa shape index (κ3) is 3.32. The van der Waals surface area contributed by atoms with Crippen LogP contribution in [-0.4, -0.2) is 21.2 Å². The third-order valence-corrected chi connectivity index (χ3v) is 3.41. The summed E-state index contributed by atoms with van der Waals surface area (Å²) in [5, 5.41) is 0.489. The Morgan fingerprint density at radius 2 is 1.95 bits per heavy atom. The predicted molar refractivity (Wildman–Crippen MR) is 68.5 cm³/mol. The number of rotatable bonds is 4. The van der Waals surface area contributed by atoms with Gasteiger partial charge >= 0.3 is 6.18 Å². The van der Waals surface area contributed by atoms with E-state index in [1.54, 1.807) is 10.8 Å². The second kappa shape index (κ2) is 5.58. The van der Waals surface area contributed by atoms with Crippen LogP contribution in [0.4, 0.5) is 13.2 Å². The first kappa shape index (κ1) is 14.4. The molecule has 0 fully saturated rings. The third-order valence-electron chi connectivity index (χ3n) is 2.42. The van der Waals surface area contributed by atoms with E-state index in [4.69, 9.17) is 5.73 Å². The molecule has 2 aromatic rings. The number of alkyl halides is 3. The van der Waals surface area contributed by atoms with Crippen molar-refractivity contribution in [1.82, 2.24) is 9.55 Å². The molecule has 8 heteroatoms. The summed E-state index contributed by atoms with van der Waals surface area (Å²) in [5.41, 5.74) is 4.86. The molecule has 0 bridgehead atoms. The predicted octanol–water partition coefficient (Wildman–Crippen LogP) is 2.47. The molecule has 1 aromatic carbocycles. The molecule has 2 rings (SSSR count). The van der Waals surface area contributed by atoms with E-state index in [2.05, 4.69) is 4.98 Å². The van der Waals surface area contributed by atoms with E-state index in [9.17, 15) is 18.0 Å².